The molecule has 0 N–H and O–H groups in total. The molecule has 5 unspecified atom stereocenters. The summed E-state index contributed by atoms with van der Waals surface area (Å²) in [6.07, 6.45) is -2.72. The molecule has 32 heavy (non-hydrogen) atoms. The van der Waals surface area contributed by atoms with Gasteiger partial charge in [0, 0.05) is 8.96 Å². The fourth-order valence-corrected chi connectivity index (χ4v) is 7.55. The largest absolute Gasteiger partial charge is 0.242 e. The van der Waals surface area contributed by atoms with Crippen LogP contribution >= 0.6 is 31.9 Å². The second-order valence-corrected chi connectivity index (χ2v) is 11.2. The average molecular weight is 580 g/mol. The maximum absolute atomic E-state index is 15.3. The summed E-state index contributed by atoms with van der Waals surface area (Å²) < 4.78 is 75.6. The average Bonchev–Trinajstić information content (AvgIpc) is 3.54. The summed E-state index contributed by atoms with van der Waals surface area (Å²) in [7, 11) is 0. The second-order valence-electron chi connectivity index (χ2n) is 9.35. The molecule has 5 aliphatic carbocycles. The van der Waals surface area contributed by atoms with Gasteiger partial charge < -0.3 is 0 Å². The molecule has 0 aromatic heterocycles. The van der Waals surface area contributed by atoms with Crippen molar-refractivity contribution in [3.8, 4) is 0 Å². The van der Waals surface area contributed by atoms with E-state index >= 15 is 13.2 Å². The number of alkyl halides is 5. The van der Waals surface area contributed by atoms with Gasteiger partial charge in [-0.2, -0.15) is 0 Å². The fraction of sp³-hybridized carbons (Fsp3) is 0.600. The predicted molar refractivity (Wildman–Crippen MR) is 124 cm³/mol. The van der Waals surface area contributed by atoms with E-state index in [2.05, 4.69) is 31.9 Å². The molecule has 0 aromatic rings. The Hall–Kier alpha value is -0.690. The quantitative estimate of drug-likeness (QED) is 0.292. The van der Waals surface area contributed by atoms with Crippen LogP contribution in [-0.4, -0.2) is 30.9 Å². The lowest BCUT2D eigenvalue weighted by Crippen LogP contribution is -2.10. The summed E-state index contributed by atoms with van der Waals surface area (Å²) in [6.45, 7) is 0. The minimum atomic E-state index is -1.31. The van der Waals surface area contributed by atoms with Crippen LogP contribution < -0.4 is 0 Å². The summed E-state index contributed by atoms with van der Waals surface area (Å²) >= 11 is 6.75. The van der Waals surface area contributed by atoms with Crippen LogP contribution in [0.5, 0.6) is 0 Å². The number of halogens is 7. The number of hydrogen-bond acceptors (Lipinski definition) is 0. The van der Waals surface area contributed by atoms with Gasteiger partial charge in [0.1, 0.15) is 30.9 Å². The highest BCUT2D eigenvalue weighted by Crippen LogP contribution is 2.53. The second kappa shape index (κ2) is 8.83. The number of hydrogen-bond donors (Lipinski definition) is 0. The molecule has 0 radical (unpaired) electrons. The molecule has 0 saturated heterocycles. The molecule has 0 heterocycles. The van der Waals surface area contributed by atoms with Gasteiger partial charge in [0.2, 0.25) is 0 Å². The molecule has 0 spiro atoms. The highest BCUT2D eigenvalue weighted by molar-refractivity contribution is 9.12. The summed E-state index contributed by atoms with van der Waals surface area (Å²) in [5.74, 6) is 0. The molecule has 0 nitrogen and oxygen atoms in total. The molecule has 5 atom stereocenters. The zero-order valence-electron chi connectivity index (χ0n) is 17.6. The Kier molecular flexibility index (Phi) is 6.36. The van der Waals surface area contributed by atoms with Crippen LogP contribution in [0.1, 0.15) is 64.2 Å². The van der Waals surface area contributed by atoms with Crippen molar-refractivity contribution in [2.45, 2.75) is 95.1 Å². The van der Waals surface area contributed by atoms with Crippen LogP contribution in [0.3, 0.4) is 0 Å². The van der Waals surface area contributed by atoms with Crippen molar-refractivity contribution in [1.29, 1.82) is 0 Å². The molecule has 174 valence electrons. The van der Waals surface area contributed by atoms with Crippen molar-refractivity contribution in [2.24, 2.45) is 0 Å². The van der Waals surface area contributed by atoms with Crippen LogP contribution in [0.15, 0.2) is 53.5 Å². The van der Waals surface area contributed by atoms with Crippen LogP contribution in [-0.2, 0) is 0 Å². The zero-order chi connectivity index (χ0) is 22.7. The van der Waals surface area contributed by atoms with Gasteiger partial charge in [-0.05, 0) is 109 Å². The van der Waals surface area contributed by atoms with E-state index in [9.17, 15) is 8.78 Å². The first kappa shape index (κ1) is 23.1. The molecule has 0 fully saturated rings. The summed E-state index contributed by atoms with van der Waals surface area (Å²) in [4.78, 5) is 0. The Morgan fingerprint density at radius 3 is 1.19 bits per heavy atom. The Morgan fingerprint density at radius 1 is 0.438 bits per heavy atom. The number of allylic oxidation sites excluding steroid dienone is 10. The Bertz CT molecular complexity index is 1000. The molecule has 7 heteroatoms. The van der Waals surface area contributed by atoms with Gasteiger partial charge in [-0.1, -0.05) is 31.9 Å². The molecule has 0 aromatic carbocycles. The van der Waals surface area contributed by atoms with Gasteiger partial charge in [0.15, 0.2) is 0 Å². The van der Waals surface area contributed by atoms with Crippen molar-refractivity contribution in [3.05, 3.63) is 53.5 Å². The van der Waals surface area contributed by atoms with Gasteiger partial charge in [-0.3, -0.25) is 0 Å². The zero-order valence-corrected chi connectivity index (χ0v) is 20.8. The fourth-order valence-electron chi connectivity index (χ4n) is 6.19. The van der Waals surface area contributed by atoms with Crippen molar-refractivity contribution >= 4 is 31.9 Å². The summed E-state index contributed by atoms with van der Waals surface area (Å²) in [6, 6.07) is 0. The van der Waals surface area contributed by atoms with Crippen LogP contribution in [0.25, 0.3) is 0 Å². The normalized spacial score (nSPS) is 36.3. The SMILES string of the molecule is FC1CCC(C2=C(C3=C(C4=C(C5=C(Br)CCC5F)CCC4F)CCC3F)CCC2F)=C1Br. The van der Waals surface area contributed by atoms with Crippen LogP contribution in [0.4, 0.5) is 22.0 Å². The molecule has 0 aliphatic heterocycles. The minimum Gasteiger partial charge on any atom is -0.242 e. The Labute approximate surface area is 202 Å². The van der Waals surface area contributed by atoms with Crippen LogP contribution in [0, 0.1) is 0 Å². The Balaban J connectivity index is 1.70. The first-order valence-electron chi connectivity index (χ1n) is 11.5. The van der Waals surface area contributed by atoms with E-state index in [1.807, 2.05) is 0 Å². The lowest BCUT2D eigenvalue weighted by molar-refractivity contribution is 0.379. The van der Waals surface area contributed by atoms with Gasteiger partial charge in [-0.25, -0.2) is 22.0 Å². The van der Waals surface area contributed by atoms with Crippen molar-refractivity contribution in [2.75, 3.05) is 0 Å². The lowest BCUT2D eigenvalue weighted by atomic mass is 9.88. The molecule has 0 amide bonds. The van der Waals surface area contributed by atoms with E-state index in [0.29, 0.717) is 87.6 Å². The minimum absolute atomic E-state index is 0.215. The Morgan fingerprint density at radius 2 is 0.781 bits per heavy atom. The highest BCUT2D eigenvalue weighted by atomic mass is 79.9. The molecular weight excluding hydrogens is 555 g/mol. The van der Waals surface area contributed by atoms with E-state index in [-0.39, 0.29) is 25.7 Å². The standard InChI is InChI=1S/C25H25Br2F5/c26-15-5-10-19(31)24(15)13-3-8-17(29)22(13)11-1-6-16(28)21(11)12-2-7-18(30)23(12)14-4-9-20(32)25(14)27/h16-20H,1-10H2. The highest BCUT2D eigenvalue weighted by Gasteiger charge is 2.42. The molecule has 0 bridgehead atoms. The lowest BCUT2D eigenvalue weighted by Gasteiger charge is -2.19. The first-order chi connectivity index (χ1) is 15.3. The smallest absolute Gasteiger partial charge is 0.132 e. The van der Waals surface area contributed by atoms with Crippen molar-refractivity contribution in [3.63, 3.8) is 0 Å². The molecular formula is C25H25Br2F5. The molecule has 5 aliphatic rings. The topological polar surface area (TPSA) is 0 Å². The summed E-state index contributed by atoms with van der Waals surface area (Å²) in [5.41, 5.74) is 4.18. The van der Waals surface area contributed by atoms with Gasteiger partial charge in [0.25, 0.3) is 0 Å². The van der Waals surface area contributed by atoms with E-state index in [4.69, 9.17) is 0 Å². The van der Waals surface area contributed by atoms with E-state index < -0.39 is 30.9 Å². The van der Waals surface area contributed by atoms with E-state index in [1.54, 1.807) is 0 Å². The van der Waals surface area contributed by atoms with Gasteiger partial charge in [0.05, 0.1) is 0 Å². The molecule has 0 saturated carbocycles. The maximum atomic E-state index is 15.3. The molecule has 5 rings (SSSR count). The van der Waals surface area contributed by atoms with Crippen LogP contribution in [0.2, 0.25) is 0 Å². The maximum Gasteiger partial charge on any atom is 0.132 e. The van der Waals surface area contributed by atoms with Gasteiger partial charge >= 0.3 is 0 Å². The van der Waals surface area contributed by atoms with Crippen molar-refractivity contribution < 1.29 is 22.0 Å². The monoisotopic (exact) mass is 578 g/mol. The van der Waals surface area contributed by atoms with Crippen molar-refractivity contribution in [1.82, 2.24) is 0 Å². The third-order valence-electron chi connectivity index (χ3n) is 7.59. The third-order valence-corrected chi connectivity index (χ3v) is 9.39. The van der Waals surface area contributed by atoms with E-state index in [0.717, 1.165) is 4.48 Å². The summed E-state index contributed by atoms with van der Waals surface area (Å²) in [5, 5.41) is 0. The van der Waals surface area contributed by atoms with Gasteiger partial charge in [-0.15, -0.1) is 0 Å². The van der Waals surface area contributed by atoms with E-state index in [1.165, 1.54) is 0 Å². The first-order valence-corrected chi connectivity index (χ1v) is 13.1. The predicted octanol–water partition coefficient (Wildman–Crippen LogP) is 8.83. The third kappa shape index (κ3) is 3.64. The number of rotatable bonds is 4.